The summed E-state index contributed by atoms with van der Waals surface area (Å²) in [6.07, 6.45) is 0. The van der Waals surface area contributed by atoms with E-state index in [1.807, 2.05) is 0 Å². The van der Waals surface area contributed by atoms with Crippen LogP contribution in [-0.4, -0.2) is 6.71 Å². The molecule has 0 aliphatic heterocycles. The predicted molar refractivity (Wildman–Crippen MR) is 176 cm³/mol. The summed E-state index contributed by atoms with van der Waals surface area (Å²) in [5.74, 6) is -43.4. The van der Waals surface area contributed by atoms with Gasteiger partial charge in [0.15, 0.2) is 81.4 Å². The van der Waals surface area contributed by atoms with Crippen LogP contribution in [0.3, 0.4) is 0 Å². The van der Waals surface area contributed by atoms with Crippen LogP contribution in [0.2, 0.25) is 0 Å². The summed E-state index contributed by atoms with van der Waals surface area (Å²) in [6, 6.07) is 19.7. The molecule has 0 heterocycles. The maximum Gasteiger partial charge on any atom is 0.259 e. The number of hydrogen-bond acceptors (Lipinski definition) is 0. The summed E-state index contributed by atoms with van der Waals surface area (Å²) in [5, 5.41) is -0.705. The maximum absolute atomic E-state index is 16.3. The van der Waals surface area contributed by atoms with Gasteiger partial charge in [-0.2, -0.15) is 0 Å². The first kappa shape index (κ1) is 39.2. The number of halogens is 15. The lowest BCUT2D eigenvalue weighted by Gasteiger charge is -2.31. The highest BCUT2D eigenvalue weighted by atomic mass is 31.1. The van der Waals surface area contributed by atoms with E-state index in [0.717, 1.165) is 12.1 Å². The molecule has 0 spiro atoms. The Morgan fingerprint density at radius 2 is 0.600 bits per heavy atom. The summed E-state index contributed by atoms with van der Waals surface area (Å²) in [7, 11) is -2.71. The molecule has 0 aliphatic rings. The molecule has 280 valence electrons. The van der Waals surface area contributed by atoms with Crippen molar-refractivity contribution in [1.82, 2.24) is 0 Å². The molecule has 0 radical (unpaired) electrons. The Labute approximate surface area is 302 Å². The fraction of sp³-hybridized carbons (Fsp3) is 0. The van der Waals surface area contributed by atoms with Gasteiger partial charge in [0.1, 0.15) is 0 Å². The smallest absolute Gasteiger partial charge is 0.204 e. The van der Waals surface area contributed by atoms with Gasteiger partial charge in [-0.25, -0.2) is 65.9 Å². The van der Waals surface area contributed by atoms with Crippen LogP contribution in [0.15, 0.2) is 91.0 Å². The minimum absolute atomic E-state index is 0.0671. The molecular formula is C38H15BF15P. The molecule has 6 rings (SSSR count). The van der Waals surface area contributed by atoms with E-state index >= 15 is 52.7 Å². The van der Waals surface area contributed by atoms with Crippen LogP contribution < -0.4 is 21.5 Å². The van der Waals surface area contributed by atoms with E-state index in [9.17, 15) is 13.2 Å². The molecule has 0 fully saturated rings. The topological polar surface area (TPSA) is 0 Å². The van der Waals surface area contributed by atoms with Crippen LogP contribution in [0.5, 0.6) is 0 Å². The van der Waals surface area contributed by atoms with E-state index in [-0.39, 0.29) is 10.6 Å². The highest BCUT2D eigenvalue weighted by molar-refractivity contribution is 7.82. The average molecular weight is 798 g/mol. The second kappa shape index (κ2) is 15.3. The molecule has 0 aliphatic carbocycles. The second-order valence-corrected chi connectivity index (χ2v) is 13.6. The summed E-state index contributed by atoms with van der Waals surface area (Å²) in [4.78, 5) is 0. The quantitative estimate of drug-likeness (QED) is 0.0360. The highest BCUT2D eigenvalue weighted by Crippen LogP contribution is 2.54. The van der Waals surface area contributed by atoms with E-state index in [2.05, 4.69) is 0 Å². The van der Waals surface area contributed by atoms with Crippen LogP contribution in [0.1, 0.15) is 11.1 Å². The van der Waals surface area contributed by atoms with Gasteiger partial charge in [0.25, 0.3) is 6.71 Å². The summed E-state index contributed by atoms with van der Waals surface area (Å²) in [5.41, 5.74) is -9.40. The molecule has 0 bridgehead atoms. The van der Waals surface area contributed by atoms with Gasteiger partial charge < -0.3 is 0 Å². The number of benzene rings is 6. The third kappa shape index (κ3) is 6.55. The molecule has 0 nitrogen and oxygen atoms in total. The second-order valence-electron chi connectivity index (χ2n) is 11.5. The van der Waals surface area contributed by atoms with Crippen molar-refractivity contribution in [3.8, 4) is 0 Å². The largest absolute Gasteiger partial charge is 0.259 e. The van der Waals surface area contributed by atoms with Crippen LogP contribution in [-0.2, 0) is 0 Å². The predicted octanol–water partition coefficient (Wildman–Crippen LogP) is 9.62. The molecule has 6 aromatic rings. The van der Waals surface area contributed by atoms with E-state index < -0.39 is 135 Å². The van der Waals surface area contributed by atoms with Crippen molar-refractivity contribution in [3.63, 3.8) is 0 Å². The maximum atomic E-state index is 16.3. The van der Waals surface area contributed by atoms with Crippen molar-refractivity contribution in [2.45, 2.75) is 0 Å². The molecule has 0 amide bonds. The van der Waals surface area contributed by atoms with Crippen LogP contribution >= 0.6 is 7.92 Å². The third-order valence-electron chi connectivity index (χ3n) is 8.39. The first-order valence-electron chi connectivity index (χ1n) is 15.4. The Balaban J connectivity index is 2.04. The molecule has 55 heavy (non-hydrogen) atoms. The Hall–Kier alpha value is -5.50. The normalized spacial score (nSPS) is 12.0. The van der Waals surface area contributed by atoms with Crippen molar-refractivity contribution >= 4 is 47.0 Å². The standard InChI is InChI=1S/C38H15BF15P/c40-23-19(24(41)30(47)35(52)29(23)46)20(38(16-10-4-1-5-11-16)55(17-12-6-2-7-13-17)18-14-8-3-9-15-18)39(21-25(42)31(48)36(53)32(49)26(21)43)22-27(44)33(50)37(54)34(51)28(22)45/h1-15H/b38-20+. The summed E-state index contributed by atoms with van der Waals surface area (Å²) >= 11 is 0. The van der Waals surface area contributed by atoms with Gasteiger partial charge in [0.05, 0.1) is 0 Å². The minimum atomic E-state index is -3.75. The molecule has 0 atom stereocenters. The Morgan fingerprint density at radius 1 is 0.327 bits per heavy atom. The van der Waals surface area contributed by atoms with Crippen LogP contribution in [0, 0.1) is 87.3 Å². The molecule has 0 aromatic heterocycles. The molecule has 17 heteroatoms. The van der Waals surface area contributed by atoms with Gasteiger partial charge in [-0.1, -0.05) is 91.0 Å². The average Bonchev–Trinajstić information content (AvgIpc) is 3.20. The SMILES string of the molecule is Fc1c(F)c(F)c(B(/C(=C(\c2ccccc2)P(c2ccccc2)c2ccccc2)c2c(F)c(F)c(F)c(F)c2F)c2c(F)c(F)c(F)c(F)c2F)c(F)c1F. The summed E-state index contributed by atoms with van der Waals surface area (Å²) < 4.78 is 231. The lowest BCUT2D eigenvalue weighted by Crippen LogP contribution is -2.52. The summed E-state index contributed by atoms with van der Waals surface area (Å²) in [6.45, 7) is -3.75. The van der Waals surface area contributed by atoms with E-state index in [4.69, 9.17) is 0 Å². The van der Waals surface area contributed by atoms with Crippen molar-refractivity contribution in [2.75, 3.05) is 0 Å². The van der Waals surface area contributed by atoms with Crippen molar-refractivity contribution in [2.24, 2.45) is 0 Å². The molecule has 0 saturated carbocycles. The van der Waals surface area contributed by atoms with Crippen molar-refractivity contribution < 1.29 is 65.9 Å². The molecule has 6 aromatic carbocycles. The Kier molecular flexibility index (Phi) is 10.9. The first-order valence-corrected chi connectivity index (χ1v) is 16.7. The van der Waals surface area contributed by atoms with Crippen LogP contribution in [0.4, 0.5) is 65.9 Å². The zero-order valence-electron chi connectivity index (χ0n) is 26.9. The van der Waals surface area contributed by atoms with E-state index in [1.54, 1.807) is 0 Å². The van der Waals surface area contributed by atoms with E-state index in [1.165, 1.54) is 78.9 Å². The fourth-order valence-electron chi connectivity index (χ4n) is 5.99. The number of rotatable bonds is 8. The van der Waals surface area contributed by atoms with Crippen molar-refractivity contribution in [1.29, 1.82) is 0 Å². The zero-order valence-corrected chi connectivity index (χ0v) is 27.7. The first-order chi connectivity index (χ1) is 26.1. The molecular weight excluding hydrogens is 783 g/mol. The Bertz CT molecular complexity index is 2300. The Morgan fingerprint density at radius 3 is 0.927 bits per heavy atom. The molecule has 0 saturated heterocycles. The third-order valence-corrected chi connectivity index (χ3v) is 11.0. The van der Waals surface area contributed by atoms with E-state index in [0.29, 0.717) is 0 Å². The fourth-order valence-corrected chi connectivity index (χ4v) is 8.63. The van der Waals surface area contributed by atoms with Gasteiger partial charge >= 0.3 is 0 Å². The van der Waals surface area contributed by atoms with Gasteiger partial charge in [-0.15, -0.1) is 0 Å². The van der Waals surface area contributed by atoms with Gasteiger partial charge in [-0.3, -0.25) is 0 Å². The van der Waals surface area contributed by atoms with Gasteiger partial charge in [0.2, 0.25) is 5.82 Å². The highest BCUT2D eigenvalue weighted by Gasteiger charge is 2.46. The van der Waals surface area contributed by atoms with Crippen LogP contribution in [0.25, 0.3) is 10.8 Å². The lowest BCUT2D eigenvalue weighted by atomic mass is 9.34. The lowest BCUT2D eigenvalue weighted by molar-refractivity contribution is 0.376. The monoisotopic (exact) mass is 798 g/mol. The number of hydrogen-bond donors (Lipinski definition) is 0. The zero-order chi connectivity index (χ0) is 40.0. The van der Waals surface area contributed by atoms with Gasteiger partial charge in [-0.05, 0) is 34.9 Å². The van der Waals surface area contributed by atoms with Crippen molar-refractivity contribution in [3.05, 3.63) is 189 Å². The minimum Gasteiger partial charge on any atom is -0.204 e. The molecule has 0 unspecified atom stereocenters. The van der Waals surface area contributed by atoms with Gasteiger partial charge in [0, 0.05) is 16.5 Å². The molecule has 0 N–H and O–H groups in total.